The van der Waals surface area contributed by atoms with Gasteiger partial charge in [-0.25, -0.2) is 9.37 Å². The number of rotatable bonds is 5. The van der Waals surface area contributed by atoms with Crippen LogP contribution >= 0.6 is 0 Å². The molecule has 0 radical (unpaired) electrons. The number of carbonyl (C=O) groups is 1. The molecule has 1 amide bonds. The Balaban J connectivity index is 1.30. The SMILES string of the molecule is O=C(c1ccc(F)cc1)N1CCN(CCn2ccnc2-c2ccccc2)CC1. The van der Waals surface area contributed by atoms with E-state index in [0.717, 1.165) is 37.6 Å². The summed E-state index contributed by atoms with van der Waals surface area (Å²) in [5, 5.41) is 0. The predicted molar refractivity (Wildman–Crippen MR) is 106 cm³/mol. The fourth-order valence-corrected chi connectivity index (χ4v) is 3.54. The van der Waals surface area contributed by atoms with Crippen LogP contribution in [0.4, 0.5) is 4.39 Å². The third-order valence-electron chi connectivity index (χ3n) is 5.16. The number of nitrogens with zero attached hydrogens (tertiary/aromatic N) is 4. The Hall–Kier alpha value is -2.99. The predicted octanol–water partition coefficient (Wildman–Crippen LogP) is 3.15. The molecule has 28 heavy (non-hydrogen) atoms. The van der Waals surface area contributed by atoms with E-state index in [9.17, 15) is 9.18 Å². The van der Waals surface area contributed by atoms with Crippen LogP contribution in [0.5, 0.6) is 0 Å². The molecule has 1 aromatic heterocycles. The van der Waals surface area contributed by atoms with E-state index in [1.165, 1.54) is 12.1 Å². The van der Waals surface area contributed by atoms with Gasteiger partial charge in [-0.1, -0.05) is 30.3 Å². The smallest absolute Gasteiger partial charge is 0.253 e. The van der Waals surface area contributed by atoms with Gasteiger partial charge in [0.1, 0.15) is 11.6 Å². The zero-order valence-electron chi connectivity index (χ0n) is 15.7. The molecule has 6 heteroatoms. The molecular weight excluding hydrogens is 355 g/mol. The molecule has 0 atom stereocenters. The number of imidazole rings is 1. The summed E-state index contributed by atoms with van der Waals surface area (Å²) in [5.41, 5.74) is 1.66. The molecule has 0 N–H and O–H groups in total. The van der Waals surface area contributed by atoms with Gasteiger partial charge in [0, 0.05) is 62.8 Å². The molecule has 0 saturated carbocycles. The van der Waals surface area contributed by atoms with E-state index in [1.807, 2.05) is 35.5 Å². The van der Waals surface area contributed by atoms with Gasteiger partial charge in [0.15, 0.2) is 0 Å². The van der Waals surface area contributed by atoms with Crippen LogP contribution in [0.2, 0.25) is 0 Å². The minimum absolute atomic E-state index is 0.0272. The fourth-order valence-electron chi connectivity index (χ4n) is 3.54. The fraction of sp³-hybridized carbons (Fsp3) is 0.273. The van der Waals surface area contributed by atoms with E-state index in [1.54, 1.807) is 12.1 Å². The van der Waals surface area contributed by atoms with Crippen LogP contribution in [0.1, 0.15) is 10.4 Å². The maximum atomic E-state index is 13.0. The number of hydrogen-bond donors (Lipinski definition) is 0. The minimum atomic E-state index is -0.323. The molecule has 0 aliphatic carbocycles. The lowest BCUT2D eigenvalue weighted by Crippen LogP contribution is -2.49. The lowest BCUT2D eigenvalue weighted by atomic mass is 10.2. The highest BCUT2D eigenvalue weighted by atomic mass is 19.1. The maximum Gasteiger partial charge on any atom is 0.253 e. The summed E-state index contributed by atoms with van der Waals surface area (Å²) in [6, 6.07) is 15.9. The summed E-state index contributed by atoms with van der Waals surface area (Å²) >= 11 is 0. The summed E-state index contributed by atoms with van der Waals surface area (Å²) in [5.74, 6) is 0.627. The van der Waals surface area contributed by atoms with Gasteiger partial charge in [0.05, 0.1) is 0 Å². The summed E-state index contributed by atoms with van der Waals surface area (Å²) in [6.07, 6.45) is 3.85. The maximum absolute atomic E-state index is 13.0. The highest BCUT2D eigenvalue weighted by molar-refractivity contribution is 5.94. The highest BCUT2D eigenvalue weighted by Crippen LogP contribution is 2.17. The second-order valence-electron chi connectivity index (χ2n) is 6.95. The van der Waals surface area contributed by atoms with Gasteiger partial charge in [-0.2, -0.15) is 0 Å². The third-order valence-corrected chi connectivity index (χ3v) is 5.16. The van der Waals surface area contributed by atoms with Gasteiger partial charge in [0.2, 0.25) is 0 Å². The van der Waals surface area contributed by atoms with Crippen LogP contribution in [0.15, 0.2) is 67.0 Å². The Bertz CT molecular complexity index is 915. The molecule has 1 fully saturated rings. The van der Waals surface area contributed by atoms with Gasteiger partial charge >= 0.3 is 0 Å². The normalized spacial score (nSPS) is 15.0. The summed E-state index contributed by atoms with van der Waals surface area (Å²) in [7, 11) is 0. The molecule has 3 aromatic rings. The quantitative estimate of drug-likeness (QED) is 0.685. The summed E-state index contributed by atoms with van der Waals surface area (Å²) in [6.45, 7) is 4.81. The zero-order valence-corrected chi connectivity index (χ0v) is 15.7. The van der Waals surface area contributed by atoms with Crippen molar-refractivity contribution in [3.05, 3.63) is 78.4 Å². The van der Waals surface area contributed by atoms with Gasteiger partial charge in [-0.05, 0) is 24.3 Å². The number of carbonyl (C=O) groups excluding carboxylic acids is 1. The first-order valence-electron chi connectivity index (χ1n) is 9.54. The Morgan fingerprint density at radius 1 is 0.929 bits per heavy atom. The lowest BCUT2D eigenvalue weighted by molar-refractivity contribution is 0.0633. The Labute approximate surface area is 164 Å². The van der Waals surface area contributed by atoms with Crippen LogP contribution in [-0.2, 0) is 6.54 Å². The van der Waals surface area contributed by atoms with Crippen LogP contribution in [0, 0.1) is 5.82 Å². The molecule has 5 nitrogen and oxygen atoms in total. The van der Waals surface area contributed by atoms with Crippen LogP contribution in [-0.4, -0.2) is 58.0 Å². The first kappa shape index (κ1) is 18.4. The van der Waals surface area contributed by atoms with Gasteiger partial charge < -0.3 is 9.47 Å². The lowest BCUT2D eigenvalue weighted by Gasteiger charge is -2.34. The number of amides is 1. The van der Waals surface area contributed by atoms with Crippen molar-refractivity contribution in [1.82, 2.24) is 19.4 Å². The number of benzene rings is 2. The highest BCUT2D eigenvalue weighted by Gasteiger charge is 2.22. The average molecular weight is 378 g/mol. The van der Waals surface area contributed by atoms with Crippen molar-refractivity contribution in [3.8, 4) is 11.4 Å². The second kappa shape index (κ2) is 8.35. The summed E-state index contributed by atoms with van der Waals surface area (Å²) < 4.78 is 15.2. The van der Waals surface area contributed by atoms with Crippen molar-refractivity contribution in [2.75, 3.05) is 32.7 Å². The molecule has 1 aliphatic heterocycles. The monoisotopic (exact) mass is 378 g/mol. The zero-order chi connectivity index (χ0) is 19.3. The standard InChI is InChI=1S/C22H23FN4O/c23-20-8-6-19(7-9-20)22(28)27-16-13-25(14-17-27)12-15-26-11-10-24-21(26)18-4-2-1-3-5-18/h1-11H,12-17H2. The Kier molecular flexibility index (Phi) is 5.48. The molecule has 144 valence electrons. The number of piperazine rings is 1. The second-order valence-corrected chi connectivity index (χ2v) is 6.95. The van der Waals surface area contributed by atoms with Crippen molar-refractivity contribution in [1.29, 1.82) is 0 Å². The first-order valence-corrected chi connectivity index (χ1v) is 9.54. The molecule has 2 heterocycles. The molecule has 1 saturated heterocycles. The van der Waals surface area contributed by atoms with Crippen LogP contribution in [0.3, 0.4) is 0 Å². The Morgan fingerprint density at radius 3 is 2.36 bits per heavy atom. The average Bonchev–Trinajstić information content (AvgIpc) is 3.22. The number of aromatic nitrogens is 2. The van der Waals surface area contributed by atoms with E-state index < -0.39 is 0 Å². The topological polar surface area (TPSA) is 41.4 Å². The molecule has 0 bridgehead atoms. The van der Waals surface area contributed by atoms with E-state index >= 15 is 0 Å². The van der Waals surface area contributed by atoms with Gasteiger partial charge in [-0.15, -0.1) is 0 Å². The van der Waals surface area contributed by atoms with Crippen molar-refractivity contribution in [2.45, 2.75) is 6.54 Å². The summed E-state index contributed by atoms with van der Waals surface area (Å²) in [4.78, 5) is 21.2. The largest absolute Gasteiger partial charge is 0.336 e. The van der Waals surface area contributed by atoms with Crippen molar-refractivity contribution < 1.29 is 9.18 Å². The van der Waals surface area contributed by atoms with Crippen molar-refractivity contribution >= 4 is 5.91 Å². The first-order chi connectivity index (χ1) is 13.7. The van der Waals surface area contributed by atoms with E-state index in [4.69, 9.17) is 0 Å². The van der Waals surface area contributed by atoms with Crippen LogP contribution in [0.25, 0.3) is 11.4 Å². The van der Waals surface area contributed by atoms with Gasteiger partial charge in [0.25, 0.3) is 5.91 Å². The molecular formula is C22H23FN4O. The number of hydrogen-bond acceptors (Lipinski definition) is 3. The van der Waals surface area contributed by atoms with E-state index in [-0.39, 0.29) is 11.7 Å². The van der Waals surface area contributed by atoms with E-state index in [0.29, 0.717) is 18.7 Å². The third kappa shape index (κ3) is 4.12. The van der Waals surface area contributed by atoms with Crippen molar-refractivity contribution in [3.63, 3.8) is 0 Å². The van der Waals surface area contributed by atoms with Gasteiger partial charge in [-0.3, -0.25) is 9.69 Å². The number of halogens is 1. The minimum Gasteiger partial charge on any atom is -0.336 e. The molecule has 0 spiro atoms. The molecule has 4 rings (SSSR count). The Morgan fingerprint density at radius 2 is 1.64 bits per heavy atom. The molecule has 1 aliphatic rings. The van der Waals surface area contributed by atoms with E-state index in [2.05, 4.69) is 26.6 Å². The molecule has 0 unspecified atom stereocenters. The molecule has 2 aromatic carbocycles. The van der Waals surface area contributed by atoms with Crippen LogP contribution < -0.4 is 0 Å². The van der Waals surface area contributed by atoms with Crippen molar-refractivity contribution in [2.24, 2.45) is 0 Å².